The third kappa shape index (κ3) is 2.47. The van der Waals surface area contributed by atoms with Gasteiger partial charge in [0.05, 0.1) is 24.9 Å². The van der Waals surface area contributed by atoms with Gasteiger partial charge in [0, 0.05) is 25.7 Å². The second-order valence-corrected chi connectivity index (χ2v) is 6.58. The van der Waals surface area contributed by atoms with E-state index < -0.39 is 0 Å². The highest BCUT2D eigenvalue weighted by molar-refractivity contribution is 5.89. The van der Waals surface area contributed by atoms with Crippen LogP contribution < -0.4 is 5.32 Å². The van der Waals surface area contributed by atoms with Crippen LogP contribution >= 0.6 is 0 Å². The highest BCUT2D eigenvalue weighted by Gasteiger charge is 2.52. The molecular formula is C15H27N3O2. The fourth-order valence-corrected chi connectivity index (χ4v) is 4.12. The molecule has 2 aliphatic heterocycles. The second kappa shape index (κ2) is 5.62. The molecule has 114 valence electrons. The molecule has 5 nitrogen and oxygen atoms in total. The van der Waals surface area contributed by atoms with Crippen LogP contribution in [-0.2, 0) is 9.53 Å². The molecule has 0 aromatic carbocycles. The summed E-state index contributed by atoms with van der Waals surface area (Å²) >= 11 is 0. The number of rotatable bonds is 3. The molecule has 2 heterocycles. The Bertz CT molecular complexity index is 362. The Morgan fingerprint density at radius 3 is 2.65 bits per heavy atom. The number of ether oxygens (including phenoxy) is 1. The van der Waals surface area contributed by atoms with Gasteiger partial charge in [-0.3, -0.25) is 15.0 Å². The van der Waals surface area contributed by atoms with Crippen LogP contribution in [0, 0.1) is 0 Å². The summed E-state index contributed by atoms with van der Waals surface area (Å²) < 4.78 is 5.39. The molecule has 0 radical (unpaired) electrons. The summed E-state index contributed by atoms with van der Waals surface area (Å²) in [7, 11) is 0. The molecule has 3 rings (SSSR count). The van der Waals surface area contributed by atoms with Crippen LogP contribution in [0.3, 0.4) is 0 Å². The minimum absolute atomic E-state index is 0.164. The molecule has 0 aromatic rings. The van der Waals surface area contributed by atoms with Crippen LogP contribution in [0.1, 0.15) is 39.5 Å². The Labute approximate surface area is 121 Å². The zero-order valence-corrected chi connectivity index (χ0v) is 12.7. The van der Waals surface area contributed by atoms with Crippen molar-refractivity contribution in [2.24, 2.45) is 0 Å². The standard InChI is InChI=1S/C15H27N3O2/c1-12(11-17-7-9-20-10-8-17)18-13(2)16-15(14(18)19)5-3-4-6-15/h12-13,16H,3-11H2,1-2H3. The predicted octanol–water partition coefficient (Wildman–Crippen LogP) is 0.798. The Balaban J connectivity index is 1.64. The van der Waals surface area contributed by atoms with Crippen molar-refractivity contribution in [2.45, 2.75) is 57.3 Å². The van der Waals surface area contributed by atoms with E-state index in [0.29, 0.717) is 5.91 Å². The van der Waals surface area contributed by atoms with Crippen LogP contribution in [0.25, 0.3) is 0 Å². The van der Waals surface area contributed by atoms with Gasteiger partial charge < -0.3 is 9.64 Å². The number of nitrogens with one attached hydrogen (secondary N) is 1. The average molecular weight is 281 g/mol. The molecule has 3 aliphatic rings. The number of amides is 1. The lowest BCUT2D eigenvalue weighted by Gasteiger charge is -2.35. The molecule has 2 atom stereocenters. The van der Waals surface area contributed by atoms with Crippen LogP contribution in [-0.4, -0.2) is 66.3 Å². The molecule has 1 aliphatic carbocycles. The number of morpholine rings is 1. The van der Waals surface area contributed by atoms with E-state index in [1.54, 1.807) is 0 Å². The Morgan fingerprint density at radius 2 is 2.00 bits per heavy atom. The zero-order valence-electron chi connectivity index (χ0n) is 12.7. The quantitative estimate of drug-likeness (QED) is 0.831. The zero-order chi connectivity index (χ0) is 14.2. The minimum Gasteiger partial charge on any atom is -0.379 e. The molecule has 0 aromatic heterocycles. The van der Waals surface area contributed by atoms with Crippen LogP contribution in [0.2, 0.25) is 0 Å². The van der Waals surface area contributed by atoms with Gasteiger partial charge in [-0.2, -0.15) is 0 Å². The van der Waals surface area contributed by atoms with E-state index in [9.17, 15) is 4.79 Å². The first kappa shape index (κ1) is 14.3. The normalized spacial score (nSPS) is 32.2. The first-order valence-corrected chi connectivity index (χ1v) is 8.03. The smallest absolute Gasteiger partial charge is 0.244 e. The van der Waals surface area contributed by atoms with Gasteiger partial charge in [-0.05, 0) is 26.7 Å². The number of nitrogens with zero attached hydrogens (tertiary/aromatic N) is 2. The lowest BCUT2D eigenvalue weighted by atomic mass is 9.97. The maximum absolute atomic E-state index is 12.8. The topological polar surface area (TPSA) is 44.8 Å². The summed E-state index contributed by atoms with van der Waals surface area (Å²) in [5.41, 5.74) is -0.237. The van der Waals surface area contributed by atoms with E-state index in [4.69, 9.17) is 4.74 Å². The van der Waals surface area contributed by atoms with Crippen molar-refractivity contribution >= 4 is 5.91 Å². The molecule has 1 amide bonds. The first-order chi connectivity index (χ1) is 9.62. The monoisotopic (exact) mass is 281 g/mol. The molecule has 1 N–H and O–H groups in total. The lowest BCUT2D eigenvalue weighted by molar-refractivity contribution is -0.135. The number of hydrogen-bond donors (Lipinski definition) is 1. The van der Waals surface area contributed by atoms with Crippen molar-refractivity contribution in [3.63, 3.8) is 0 Å². The van der Waals surface area contributed by atoms with Crippen molar-refractivity contribution in [1.82, 2.24) is 15.1 Å². The fourth-order valence-electron chi connectivity index (χ4n) is 4.12. The summed E-state index contributed by atoms with van der Waals surface area (Å²) in [6.45, 7) is 8.87. The second-order valence-electron chi connectivity index (χ2n) is 6.58. The van der Waals surface area contributed by atoms with Crippen molar-refractivity contribution in [1.29, 1.82) is 0 Å². The third-order valence-electron chi connectivity index (χ3n) is 5.10. The van der Waals surface area contributed by atoms with E-state index in [0.717, 1.165) is 45.7 Å². The Kier molecular flexibility index (Phi) is 4.02. The highest BCUT2D eigenvalue weighted by Crippen LogP contribution is 2.37. The fraction of sp³-hybridized carbons (Fsp3) is 0.933. The average Bonchev–Trinajstić information content (AvgIpc) is 2.98. The molecule has 3 fully saturated rings. The molecule has 5 heteroatoms. The molecule has 2 unspecified atom stereocenters. The molecule has 1 saturated carbocycles. The molecule has 1 spiro atoms. The Morgan fingerprint density at radius 1 is 1.35 bits per heavy atom. The molecule has 0 bridgehead atoms. The largest absolute Gasteiger partial charge is 0.379 e. The minimum atomic E-state index is -0.237. The Hall–Kier alpha value is -0.650. The first-order valence-electron chi connectivity index (χ1n) is 8.03. The SMILES string of the molecule is CC(CN1CCOCC1)N1C(=O)C2(CCCC2)NC1C. The molecule has 2 saturated heterocycles. The predicted molar refractivity (Wildman–Crippen MR) is 77.4 cm³/mol. The van der Waals surface area contributed by atoms with Gasteiger partial charge >= 0.3 is 0 Å². The van der Waals surface area contributed by atoms with Crippen LogP contribution in [0.5, 0.6) is 0 Å². The van der Waals surface area contributed by atoms with Crippen molar-refractivity contribution in [2.75, 3.05) is 32.8 Å². The number of hydrogen-bond acceptors (Lipinski definition) is 4. The van der Waals surface area contributed by atoms with E-state index in [1.807, 2.05) is 0 Å². The molecular weight excluding hydrogens is 254 g/mol. The van der Waals surface area contributed by atoms with Crippen LogP contribution in [0.4, 0.5) is 0 Å². The maximum Gasteiger partial charge on any atom is 0.244 e. The highest BCUT2D eigenvalue weighted by atomic mass is 16.5. The van der Waals surface area contributed by atoms with Gasteiger partial charge in [0.25, 0.3) is 0 Å². The molecule has 20 heavy (non-hydrogen) atoms. The summed E-state index contributed by atoms with van der Waals surface area (Å²) in [5, 5.41) is 3.58. The van der Waals surface area contributed by atoms with Gasteiger partial charge in [0.1, 0.15) is 0 Å². The summed E-state index contributed by atoms with van der Waals surface area (Å²) in [4.78, 5) is 17.3. The van der Waals surface area contributed by atoms with E-state index in [1.165, 1.54) is 12.8 Å². The van der Waals surface area contributed by atoms with Gasteiger partial charge in [-0.1, -0.05) is 12.8 Å². The summed E-state index contributed by atoms with van der Waals surface area (Å²) in [6, 6.07) is 0.267. The summed E-state index contributed by atoms with van der Waals surface area (Å²) in [6.07, 6.45) is 4.54. The van der Waals surface area contributed by atoms with E-state index >= 15 is 0 Å². The van der Waals surface area contributed by atoms with Crippen molar-refractivity contribution in [3.05, 3.63) is 0 Å². The van der Waals surface area contributed by atoms with Gasteiger partial charge in [0.15, 0.2) is 0 Å². The number of carbonyl (C=O) groups is 1. The van der Waals surface area contributed by atoms with Crippen molar-refractivity contribution in [3.8, 4) is 0 Å². The van der Waals surface area contributed by atoms with Crippen molar-refractivity contribution < 1.29 is 9.53 Å². The van der Waals surface area contributed by atoms with E-state index in [-0.39, 0.29) is 17.7 Å². The summed E-state index contributed by atoms with van der Waals surface area (Å²) in [5.74, 6) is 0.336. The lowest BCUT2D eigenvalue weighted by Crippen LogP contribution is -2.50. The van der Waals surface area contributed by atoms with E-state index in [2.05, 4.69) is 29.0 Å². The maximum atomic E-state index is 12.8. The van der Waals surface area contributed by atoms with Gasteiger partial charge in [-0.25, -0.2) is 0 Å². The van der Waals surface area contributed by atoms with Gasteiger partial charge in [-0.15, -0.1) is 0 Å². The number of carbonyl (C=O) groups excluding carboxylic acids is 1. The van der Waals surface area contributed by atoms with Crippen LogP contribution in [0.15, 0.2) is 0 Å². The van der Waals surface area contributed by atoms with Gasteiger partial charge in [0.2, 0.25) is 5.91 Å². The third-order valence-corrected chi connectivity index (χ3v) is 5.10.